The first-order valence-electron chi connectivity index (χ1n) is 15.9. The lowest BCUT2D eigenvalue weighted by molar-refractivity contribution is 0.669. The van der Waals surface area contributed by atoms with E-state index >= 15 is 0 Å². The Labute approximate surface area is 273 Å². The summed E-state index contributed by atoms with van der Waals surface area (Å²) in [4.78, 5) is 4.61. The molecular formula is C44H30N2O. The quantitative estimate of drug-likeness (QED) is 0.177. The Hall–Kier alpha value is -6.32. The van der Waals surface area contributed by atoms with Gasteiger partial charge in [-0.05, 0) is 113 Å². The molecule has 1 aromatic heterocycles. The van der Waals surface area contributed by atoms with Crippen molar-refractivity contribution < 1.29 is 4.42 Å². The zero-order chi connectivity index (χ0) is 31.2. The van der Waals surface area contributed by atoms with Gasteiger partial charge in [0.2, 0.25) is 0 Å². The van der Waals surface area contributed by atoms with Crippen LogP contribution in [0.1, 0.15) is 0 Å². The van der Waals surface area contributed by atoms with Gasteiger partial charge in [0.1, 0.15) is 11.2 Å². The van der Waals surface area contributed by atoms with E-state index in [0.717, 1.165) is 61.4 Å². The van der Waals surface area contributed by atoms with Crippen LogP contribution in [0, 0.1) is 0 Å². The molecule has 222 valence electrons. The number of nitrogens with zero attached hydrogens (tertiary/aromatic N) is 2. The van der Waals surface area contributed by atoms with Gasteiger partial charge in [-0.1, -0.05) is 91.0 Å². The Balaban J connectivity index is 1.24. The molecule has 0 N–H and O–H groups in total. The molecule has 0 radical (unpaired) electrons. The molecule has 0 aliphatic heterocycles. The summed E-state index contributed by atoms with van der Waals surface area (Å²) >= 11 is 0. The Morgan fingerprint density at radius 1 is 0.277 bits per heavy atom. The fourth-order valence-corrected chi connectivity index (χ4v) is 6.78. The van der Waals surface area contributed by atoms with Gasteiger partial charge >= 0.3 is 0 Å². The van der Waals surface area contributed by atoms with Crippen molar-refractivity contribution in [1.82, 2.24) is 0 Å². The highest BCUT2D eigenvalue weighted by molar-refractivity contribution is 6.17. The summed E-state index contributed by atoms with van der Waals surface area (Å²) < 4.78 is 6.47. The fourth-order valence-electron chi connectivity index (χ4n) is 6.78. The summed E-state index contributed by atoms with van der Waals surface area (Å²) in [5, 5.41) is 6.97. The van der Waals surface area contributed by atoms with E-state index < -0.39 is 0 Å². The SMILES string of the molecule is c1ccc(N(c2ccccc2)c2ccc3ccc4cc5oc6ccc(N(c7ccccc7)c7ccccc7)cc6c5cc4c3c2)cc1. The molecule has 8 aromatic carbocycles. The molecule has 0 saturated carbocycles. The molecule has 9 rings (SSSR count). The summed E-state index contributed by atoms with van der Waals surface area (Å²) in [5.74, 6) is 0. The summed E-state index contributed by atoms with van der Waals surface area (Å²) in [5.41, 5.74) is 8.42. The van der Waals surface area contributed by atoms with Crippen LogP contribution in [0.3, 0.4) is 0 Å². The van der Waals surface area contributed by atoms with Crippen molar-refractivity contribution in [3.8, 4) is 0 Å². The maximum Gasteiger partial charge on any atom is 0.136 e. The number of rotatable bonds is 6. The van der Waals surface area contributed by atoms with Crippen molar-refractivity contribution in [2.45, 2.75) is 0 Å². The van der Waals surface area contributed by atoms with E-state index in [0.29, 0.717) is 0 Å². The molecule has 9 aromatic rings. The molecular weight excluding hydrogens is 572 g/mol. The molecule has 0 aliphatic carbocycles. The predicted molar refractivity (Wildman–Crippen MR) is 198 cm³/mol. The van der Waals surface area contributed by atoms with Crippen LogP contribution in [0.2, 0.25) is 0 Å². The molecule has 0 amide bonds. The highest BCUT2D eigenvalue weighted by atomic mass is 16.3. The van der Waals surface area contributed by atoms with Crippen molar-refractivity contribution in [2.75, 3.05) is 9.80 Å². The zero-order valence-electron chi connectivity index (χ0n) is 25.6. The second kappa shape index (κ2) is 11.2. The van der Waals surface area contributed by atoms with Gasteiger partial charge in [-0.3, -0.25) is 0 Å². The van der Waals surface area contributed by atoms with Gasteiger partial charge in [0.05, 0.1) is 0 Å². The maximum absolute atomic E-state index is 6.47. The Kier molecular flexibility index (Phi) is 6.46. The van der Waals surface area contributed by atoms with Crippen molar-refractivity contribution in [3.05, 3.63) is 182 Å². The average molecular weight is 603 g/mol. The van der Waals surface area contributed by atoms with E-state index in [1.807, 2.05) is 0 Å². The molecule has 0 spiro atoms. The summed E-state index contributed by atoms with van der Waals surface area (Å²) in [6.45, 7) is 0. The molecule has 0 aliphatic rings. The summed E-state index contributed by atoms with van der Waals surface area (Å²) in [7, 11) is 0. The Morgan fingerprint density at radius 2 is 0.681 bits per heavy atom. The van der Waals surface area contributed by atoms with Gasteiger partial charge in [0.25, 0.3) is 0 Å². The largest absolute Gasteiger partial charge is 0.456 e. The minimum Gasteiger partial charge on any atom is -0.456 e. The highest BCUT2D eigenvalue weighted by Crippen LogP contribution is 2.42. The minimum atomic E-state index is 0.879. The second-order valence-corrected chi connectivity index (χ2v) is 11.8. The first-order chi connectivity index (χ1) is 23.3. The van der Waals surface area contributed by atoms with Crippen LogP contribution in [-0.4, -0.2) is 0 Å². The van der Waals surface area contributed by atoms with Crippen LogP contribution in [0.5, 0.6) is 0 Å². The van der Waals surface area contributed by atoms with E-state index in [-0.39, 0.29) is 0 Å². The van der Waals surface area contributed by atoms with E-state index in [2.05, 4.69) is 192 Å². The van der Waals surface area contributed by atoms with Crippen LogP contribution < -0.4 is 9.80 Å². The van der Waals surface area contributed by atoms with Crippen LogP contribution in [0.25, 0.3) is 43.5 Å². The number of fused-ring (bicyclic) bond motifs is 6. The van der Waals surface area contributed by atoms with E-state index in [1.165, 1.54) is 16.2 Å². The lowest BCUT2D eigenvalue weighted by Crippen LogP contribution is -2.09. The number of hydrogen-bond donors (Lipinski definition) is 0. The van der Waals surface area contributed by atoms with Gasteiger partial charge in [-0.2, -0.15) is 0 Å². The predicted octanol–water partition coefficient (Wildman–Crippen LogP) is 12.8. The Bertz CT molecular complexity index is 2420. The third kappa shape index (κ3) is 4.77. The fraction of sp³-hybridized carbons (Fsp3) is 0. The lowest BCUT2D eigenvalue weighted by atomic mass is 9.98. The molecule has 47 heavy (non-hydrogen) atoms. The third-order valence-corrected chi connectivity index (χ3v) is 8.97. The number of furan rings is 1. The van der Waals surface area contributed by atoms with Crippen LogP contribution >= 0.6 is 0 Å². The molecule has 1 heterocycles. The molecule has 3 heteroatoms. The van der Waals surface area contributed by atoms with E-state index in [1.54, 1.807) is 0 Å². The molecule has 0 atom stereocenters. The highest BCUT2D eigenvalue weighted by Gasteiger charge is 2.17. The molecule has 0 unspecified atom stereocenters. The molecule has 0 saturated heterocycles. The second-order valence-electron chi connectivity index (χ2n) is 11.8. The Morgan fingerprint density at radius 3 is 1.21 bits per heavy atom. The standard InChI is InChI=1S/C44H30N2O/c1-5-13-33(14-6-1)45(34-15-7-2-8-16-34)37-24-23-31-21-22-32-27-44-42(30-40(32)39(31)28-37)41-29-38(25-26-43(41)47-44)46(35-17-9-3-10-18-35)36-19-11-4-12-20-36/h1-30H. The smallest absolute Gasteiger partial charge is 0.136 e. The van der Waals surface area contributed by atoms with Crippen molar-refractivity contribution in [1.29, 1.82) is 0 Å². The van der Waals surface area contributed by atoms with Crippen molar-refractivity contribution >= 4 is 77.6 Å². The number of hydrogen-bond acceptors (Lipinski definition) is 3. The van der Waals surface area contributed by atoms with Gasteiger partial charge in [-0.15, -0.1) is 0 Å². The first kappa shape index (κ1) is 27.0. The van der Waals surface area contributed by atoms with Crippen molar-refractivity contribution in [2.24, 2.45) is 0 Å². The number of benzene rings is 8. The molecule has 3 nitrogen and oxygen atoms in total. The number of anilines is 6. The van der Waals surface area contributed by atoms with Crippen LogP contribution in [0.4, 0.5) is 34.1 Å². The maximum atomic E-state index is 6.47. The average Bonchev–Trinajstić information content (AvgIpc) is 3.49. The summed E-state index contributed by atoms with van der Waals surface area (Å²) in [6.07, 6.45) is 0. The van der Waals surface area contributed by atoms with Gasteiger partial charge in [-0.25, -0.2) is 0 Å². The van der Waals surface area contributed by atoms with Gasteiger partial charge in [0, 0.05) is 44.9 Å². The first-order valence-corrected chi connectivity index (χ1v) is 15.9. The number of para-hydroxylation sites is 4. The van der Waals surface area contributed by atoms with Gasteiger partial charge < -0.3 is 14.2 Å². The molecule has 0 bridgehead atoms. The lowest BCUT2D eigenvalue weighted by Gasteiger charge is -2.26. The van der Waals surface area contributed by atoms with Gasteiger partial charge in [0.15, 0.2) is 0 Å². The molecule has 0 fully saturated rings. The van der Waals surface area contributed by atoms with Crippen molar-refractivity contribution in [3.63, 3.8) is 0 Å². The minimum absolute atomic E-state index is 0.879. The van der Waals surface area contributed by atoms with E-state index in [9.17, 15) is 0 Å². The van der Waals surface area contributed by atoms with E-state index in [4.69, 9.17) is 4.42 Å². The van der Waals surface area contributed by atoms with Crippen LogP contribution in [0.15, 0.2) is 186 Å². The monoisotopic (exact) mass is 602 g/mol. The third-order valence-electron chi connectivity index (χ3n) is 8.97. The normalized spacial score (nSPS) is 11.4. The zero-order valence-corrected chi connectivity index (χ0v) is 25.6. The summed E-state index contributed by atoms with van der Waals surface area (Å²) in [6, 6.07) is 64.4. The topological polar surface area (TPSA) is 19.6 Å². The van der Waals surface area contributed by atoms with Crippen LogP contribution in [-0.2, 0) is 0 Å².